The maximum Gasteiger partial charge on any atom is 0.110 e. The van der Waals surface area contributed by atoms with Crippen LogP contribution in [0.2, 0.25) is 0 Å². The largest absolute Gasteiger partial charge is 0.331 e. The third-order valence-corrected chi connectivity index (χ3v) is 3.42. The minimum Gasteiger partial charge on any atom is -0.331 e. The van der Waals surface area contributed by atoms with Gasteiger partial charge in [0.15, 0.2) is 0 Å². The van der Waals surface area contributed by atoms with Crippen LogP contribution in [0.5, 0.6) is 0 Å². The second kappa shape index (κ2) is 4.89. The molecule has 2 N–H and O–H groups in total. The molecule has 0 unspecified atom stereocenters. The summed E-state index contributed by atoms with van der Waals surface area (Å²) in [6, 6.07) is 6.26. The van der Waals surface area contributed by atoms with E-state index in [1.54, 1.807) is 0 Å². The van der Waals surface area contributed by atoms with Gasteiger partial charge in [0.2, 0.25) is 0 Å². The van der Waals surface area contributed by atoms with Crippen LogP contribution in [0.1, 0.15) is 11.4 Å². The molecule has 0 fully saturated rings. The van der Waals surface area contributed by atoms with Gasteiger partial charge in [0.1, 0.15) is 5.82 Å². The predicted molar refractivity (Wildman–Crippen MR) is 70.7 cm³/mol. The highest BCUT2D eigenvalue weighted by Gasteiger charge is 2.07. The van der Waals surface area contributed by atoms with Gasteiger partial charge in [-0.3, -0.25) is 0 Å². The number of imidazole rings is 1. The van der Waals surface area contributed by atoms with Crippen LogP contribution >= 0.6 is 11.8 Å². The molecule has 1 heterocycles. The van der Waals surface area contributed by atoms with Crippen LogP contribution in [0.25, 0.3) is 11.0 Å². The van der Waals surface area contributed by atoms with Crippen molar-refractivity contribution in [3.8, 4) is 0 Å². The average molecular weight is 235 g/mol. The number of thioether (sulfide) groups is 1. The van der Waals surface area contributed by atoms with E-state index < -0.39 is 0 Å². The quantitative estimate of drug-likeness (QED) is 0.880. The van der Waals surface area contributed by atoms with Gasteiger partial charge in [0, 0.05) is 25.8 Å². The van der Waals surface area contributed by atoms with Crippen molar-refractivity contribution >= 4 is 22.8 Å². The summed E-state index contributed by atoms with van der Waals surface area (Å²) < 4.78 is 2.17. The molecule has 0 aliphatic carbocycles. The van der Waals surface area contributed by atoms with E-state index in [9.17, 15) is 0 Å². The molecule has 1 aromatic heterocycles. The second-order valence-electron chi connectivity index (χ2n) is 3.86. The molecule has 4 heteroatoms. The van der Waals surface area contributed by atoms with Crippen LogP contribution in [-0.2, 0) is 20.0 Å². The highest BCUT2D eigenvalue weighted by molar-refractivity contribution is 7.98. The van der Waals surface area contributed by atoms with Crippen molar-refractivity contribution in [2.24, 2.45) is 12.8 Å². The molecule has 3 nitrogen and oxygen atoms in total. The number of rotatable bonds is 4. The first-order chi connectivity index (χ1) is 7.76. The lowest BCUT2D eigenvalue weighted by molar-refractivity contribution is 0.833. The van der Waals surface area contributed by atoms with Gasteiger partial charge in [0.25, 0.3) is 0 Å². The molecule has 0 aliphatic rings. The molecule has 0 saturated carbocycles. The Morgan fingerprint density at radius 2 is 2.25 bits per heavy atom. The van der Waals surface area contributed by atoms with Crippen LogP contribution in [0.3, 0.4) is 0 Å². The smallest absolute Gasteiger partial charge is 0.110 e. The van der Waals surface area contributed by atoms with E-state index in [2.05, 4.69) is 41.1 Å². The van der Waals surface area contributed by atoms with Crippen molar-refractivity contribution in [2.75, 3.05) is 12.0 Å². The fraction of sp³-hybridized carbons (Fsp3) is 0.417. The molecule has 0 amide bonds. The molecule has 0 spiro atoms. The summed E-state index contributed by atoms with van der Waals surface area (Å²) in [5, 5.41) is 0. The summed E-state index contributed by atoms with van der Waals surface area (Å²) in [6.45, 7) is 0.576. The summed E-state index contributed by atoms with van der Waals surface area (Å²) in [4.78, 5) is 4.65. The van der Waals surface area contributed by atoms with E-state index in [0.717, 1.165) is 29.1 Å². The first-order valence-electron chi connectivity index (χ1n) is 5.39. The summed E-state index contributed by atoms with van der Waals surface area (Å²) >= 11 is 1.85. The monoisotopic (exact) mass is 235 g/mol. The Morgan fingerprint density at radius 1 is 1.44 bits per heavy atom. The fourth-order valence-electron chi connectivity index (χ4n) is 1.84. The molecule has 0 atom stereocenters. The van der Waals surface area contributed by atoms with Crippen molar-refractivity contribution < 1.29 is 0 Å². The van der Waals surface area contributed by atoms with Crippen LogP contribution in [0.4, 0.5) is 0 Å². The molecule has 0 aliphatic heterocycles. The van der Waals surface area contributed by atoms with Crippen LogP contribution in [0, 0.1) is 0 Å². The lowest BCUT2D eigenvalue weighted by atomic mass is 10.2. The van der Waals surface area contributed by atoms with E-state index in [4.69, 9.17) is 5.73 Å². The summed E-state index contributed by atoms with van der Waals surface area (Å²) in [6.07, 6.45) is 3.14. The zero-order valence-corrected chi connectivity index (χ0v) is 10.5. The van der Waals surface area contributed by atoms with Crippen molar-refractivity contribution in [3.63, 3.8) is 0 Å². The Bertz CT molecular complexity index is 490. The molecule has 16 heavy (non-hydrogen) atoms. The van der Waals surface area contributed by atoms with Gasteiger partial charge in [-0.1, -0.05) is 6.07 Å². The van der Waals surface area contributed by atoms with Crippen molar-refractivity contribution in [3.05, 3.63) is 29.6 Å². The first kappa shape index (κ1) is 11.5. The maximum absolute atomic E-state index is 5.63. The SMILES string of the molecule is CSCCc1nc2cc(CN)ccc2n1C. The molecule has 0 bridgehead atoms. The Kier molecular flexibility index (Phi) is 3.51. The molecule has 86 valence electrons. The number of fused-ring (bicyclic) bond motifs is 1. The van der Waals surface area contributed by atoms with Gasteiger partial charge < -0.3 is 10.3 Å². The van der Waals surface area contributed by atoms with E-state index in [-0.39, 0.29) is 0 Å². The predicted octanol–water partition coefficient (Wildman–Crippen LogP) is 1.94. The minimum atomic E-state index is 0.576. The van der Waals surface area contributed by atoms with Gasteiger partial charge in [-0.05, 0) is 24.0 Å². The molecule has 2 aromatic rings. The van der Waals surface area contributed by atoms with Crippen molar-refractivity contribution in [1.82, 2.24) is 9.55 Å². The summed E-state index contributed by atoms with van der Waals surface area (Å²) in [7, 11) is 2.08. The molecular formula is C12H17N3S. The zero-order chi connectivity index (χ0) is 11.5. The Balaban J connectivity index is 2.41. The fourth-order valence-corrected chi connectivity index (χ4v) is 2.23. The average Bonchev–Trinajstić information content (AvgIpc) is 2.63. The van der Waals surface area contributed by atoms with Crippen LogP contribution in [0.15, 0.2) is 18.2 Å². The Morgan fingerprint density at radius 3 is 2.94 bits per heavy atom. The van der Waals surface area contributed by atoms with Crippen molar-refractivity contribution in [2.45, 2.75) is 13.0 Å². The number of hydrogen-bond acceptors (Lipinski definition) is 3. The zero-order valence-electron chi connectivity index (χ0n) is 9.73. The Hall–Kier alpha value is -1.00. The van der Waals surface area contributed by atoms with Crippen LogP contribution < -0.4 is 5.73 Å². The van der Waals surface area contributed by atoms with E-state index in [1.807, 2.05) is 11.8 Å². The molecule has 2 rings (SSSR count). The molecule has 0 radical (unpaired) electrons. The lowest BCUT2D eigenvalue weighted by Gasteiger charge is -2.00. The van der Waals surface area contributed by atoms with Gasteiger partial charge in [0.05, 0.1) is 11.0 Å². The van der Waals surface area contributed by atoms with E-state index in [0.29, 0.717) is 6.54 Å². The molecule has 1 aromatic carbocycles. The highest BCUT2D eigenvalue weighted by Crippen LogP contribution is 2.17. The van der Waals surface area contributed by atoms with Gasteiger partial charge >= 0.3 is 0 Å². The number of aryl methyl sites for hydroxylation is 2. The third kappa shape index (κ3) is 2.08. The van der Waals surface area contributed by atoms with Crippen LogP contribution in [-0.4, -0.2) is 21.6 Å². The van der Waals surface area contributed by atoms with Gasteiger partial charge in [-0.25, -0.2) is 4.98 Å². The number of nitrogens with two attached hydrogens (primary N) is 1. The maximum atomic E-state index is 5.63. The van der Waals surface area contributed by atoms with E-state index >= 15 is 0 Å². The number of nitrogens with zero attached hydrogens (tertiary/aromatic N) is 2. The lowest BCUT2D eigenvalue weighted by Crippen LogP contribution is -1.99. The van der Waals surface area contributed by atoms with Gasteiger partial charge in [-0.2, -0.15) is 11.8 Å². The normalized spacial score (nSPS) is 11.2. The molecular weight excluding hydrogens is 218 g/mol. The number of benzene rings is 1. The highest BCUT2D eigenvalue weighted by atomic mass is 32.2. The Labute approximate surface area is 100 Å². The van der Waals surface area contributed by atoms with Crippen molar-refractivity contribution in [1.29, 1.82) is 0 Å². The molecule has 0 saturated heterocycles. The third-order valence-electron chi connectivity index (χ3n) is 2.80. The topological polar surface area (TPSA) is 43.8 Å². The summed E-state index contributed by atoms with van der Waals surface area (Å²) in [5.74, 6) is 2.26. The second-order valence-corrected chi connectivity index (χ2v) is 4.84. The number of aromatic nitrogens is 2. The summed E-state index contributed by atoms with van der Waals surface area (Å²) in [5.41, 5.74) is 9.01. The number of hydrogen-bond donors (Lipinski definition) is 1. The van der Waals surface area contributed by atoms with E-state index in [1.165, 1.54) is 5.52 Å². The first-order valence-corrected chi connectivity index (χ1v) is 6.79. The van der Waals surface area contributed by atoms with Gasteiger partial charge in [-0.15, -0.1) is 0 Å². The minimum absolute atomic E-state index is 0.576. The standard InChI is InChI=1S/C12H17N3S/c1-15-11-4-3-9(8-13)7-10(11)14-12(15)5-6-16-2/h3-4,7H,5-6,8,13H2,1-2H3.